The van der Waals surface area contributed by atoms with Gasteiger partial charge in [0.05, 0.1) is 12.5 Å². The highest BCUT2D eigenvalue weighted by molar-refractivity contribution is 5.29. The van der Waals surface area contributed by atoms with E-state index in [4.69, 9.17) is 4.42 Å². The summed E-state index contributed by atoms with van der Waals surface area (Å²) >= 11 is 0. The largest absolute Gasteiger partial charge is 0.472 e. The van der Waals surface area contributed by atoms with Crippen LogP contribution in [0.5, 0.6) is 0 Å². The molecule has 1 N–H and O–H groups in total. The van der Waals surface area contributed by atoms with Crippen LogP contribution in [-0.4, -0.2) is 7.05 Å². The second kappa shape index (κ2) is 5.31. The lowest BCUT2D eigenvalue weighted by atomic mass is 9.98. The second-order valence-corrected chi connectivity index (χ2v) is 4.30. The van der Waals surface area contributed by atoms with Crippen molar-refractivity contribution >= 4 is 0 Å². The highest BCUT2D eigenvalue weighted by atomic mass is 19.1. The van der Waals surface area contributed by atoms with Crippen molar-refractivity contribution in [2.45, 2.75) is 19.4 Å². The molecule has 1 aromatic heterocycles. The quantitative estimate of drug-likeness (QED) is 0.901. The minimum atomic E-state index is -0.527. The lowest BCUT2D eigenvalue weighted by Crippen LogP contribution is -2.20. The van der Waals surface area contributed by atoms with Crippen LogP contribution in [0.15, 0.2) is 35.1 Å². The van der Waals surface area contributed by atoms with Gasteiger partial charge in [-0.2, -0.15) is 0 Å². The predicted molar refractivity (Wildman–Crippen MR) is 65.3 cm³/mol. The Morgan fingerprint density at radius 3 is 2.67 bits per heavy atom. The Morgan fingerprint density at radius 1 is 1.28 bits per heavy atom. The molecule has 0 aliphatic carbocycles. The maximum Gasteiger partial charge on any atom is 0.130 e. The number of likely N-dealkylation sites (N-methyl/N-ethyl adjacent to an activating group) is 1. The molecule has 0 saturated heterocycles. The van der Waals surface area contributed by atoms with Crippen molar-refractivity contribution < 1.29 is 13.2 Å². The lowest BCUT2D eigenvalue weighted by molar-refractivity contribution is 0.514. The highest BCUT2D eigenvalue weighted by Gasteiger charge is 2.17. The third-order valence-electron chi connectivity index (χ3n) is 3.02. The molecule has 0 aliphatic heterocycles. The van der Waals surface area contributed by atoms with Gasteiger partial charge in [0.2, 0.25) is 0 Å². The van der Waals surface area contributed by atoms with Gasteiger partial charge in [-0.15, -0.1) is 0 Å². The van der Waals surface area contributed by atoms with E-state index in [1.165, 1.54) is 0 Å². The second-order valence-electron chi connectivity index (χ2n) is 4.30. The zero-order chi connectivity index (χ0) is 13.1. The number of furan rings is 1. The topological polar surface area (TPSA) is 25.2 Å². The van der Waals surface area contributed by atoms with Crippen LogP contribution < -0.4 is 5.32 Å². The molecule has 0 saturated carbocycles. The van der Waals surface area contributed by atoms with E-state index in [0.717, 1.165) is 11.6 Å². The molecule has 0 bridgehead atoms. The molecule has 0 spiro atoms. The Labute approximate surface area is 105 Å². The highest BCUT2D eigenvalue weighted by Crippen LogP contribution is 2.23. The number of aryl methyl sites for hydroxylation is 1. The third kappa shape index (κ3) is 2.59. The molecule has 4 heteroatoms. The molecule has 1 heterocycles. The number of nitrogens with one attached hydrogen (secondary N) is 1. The Hall–Kier alpha value is -1.68. The van der Waals surface area contributed by atoms with Crippen molar-refractivity contribution in [2.75, 3.05) is 7.05 Å². The summed E-state index contributed by atoms with van der Waals surface area (Å²) in [6, 6.07) is 4.11. The molecule has 2 nitrogen and oxygen atoms in total. The smallest absolute Gasteiger partial charge is 0.130 e. The van der Waals surface area contributed by atoms with Crippen molar-refractivity contribution in [1.82, 2.24) is 5.32 Å². The van der Waals surface area contributed by atoms with Crippen LogP contribution in [0.4, 0.5) is 8.78 Å². The molecule has 0 radical (unpaired) electrons. The molecular weight excluding hydrogens is 236 g/mol. The first kappa shape index (κ1) is 12.8. The Kier molecular flexibility index (Phi) is 3.77. The molecule has 0 fully saturated rings. The van der Waals surface area contributed by atoms with E-state index in [0.29, 0.717) is 17.5 Å². The normalized spacial score (nSPS) is 12.7. The van der Waals surface area contributed by atoms with E-state index >= 15 is 0 Å². The number of rotatable bonds is 4. The summed E-state index contributed by atoms with van der Waals surface area (Å²) in [7, 11) is 1.75. The summed E-state index contributed by atoms with van der Waals surface area (Å²) in [6.07, 6.45) is 3.79. The van der Waals surface area contributed by atoms with Crippen LogP contribution >= 0.6 is 0 Å². The number of halogens is 2. The fourth-order valence-electron chi connectivity index (χ4n) is 1.96. The van der Waals surface area contributed by atoms with E-state index in [-0.39, 0.29) is 6.04 Å². The number of benzene rings is 1. The van der Waals surface area contributed by atoms with Gasteiger partial charge in [0.1, 0.15) is 11.6 Å². The SMILES string of the molecule is CNC(Cc1ccoc1)c1cc(C)c(F)cc1F. The van der Waals surface area contributed by atoms with E-state index in [9.17, 15) is 8.78 Å². The third-order valence-corrected chi connectivity index (χ3v) is 3.02. The first-order valence-corrected chi connectivity index (χ1v) is 5.75. The van der Waals surface area contributed by atoms with Gasteiger partial charge in [-0.05, 0) is 43.7 Å². The van der Waals surface area contributed by atoms with E-state index < -0.39 is 11.6 Å². The predicted octanol–water partition coefficient (Wildman–Crippen LogP) is 3.37. The summed E-state index contributed by atoms with van der Waals surface area (Å²) in [5.74, 6) is -1.05. The molecule has 96 valence electrons. The van der Waals surface area contributed by atoms with Gasteiger partial charge in [-0.3, -0.25) is 0 Å². The van der Waals surface area contributed by atoms with Gasteiger partial charge in [-0.25, -0.2) is 8.78 Å². The molecule has 1 atom stereocenters. The van der Waals surface area contributed by atoms with Crippen molar-refractivity contribution in [1.29, 1.82) is 0 Å². The fraction of sp³-hybridized carbons (Fsp3) is 0.286. The summed E-state index contributed by atoms with van der Waals surface area (Å²) in [5.41, 5.74) is 1.88. The maximum atomic E-state index is 13.8. The first-order chi connectivity index (χ1) is 8.61. The average Bonchev–Trinajstić information content (AvgIpc) is 2.84. The lowest BCUT2D eigenvalue weighted by Gasteiger charge is -2.17. The van der Waals surface area contributed by atoms with Crippen LogP contribution in [0.1, 0.15) is 22.7 Å². The van der Waals surface area contributed by atoms with Crippen LogP contribution in [0.2, 0.25) is 0 Å². The van der Waals surface area contributed by atoms with Crippen LogP contribution in [0.3, 0.4) is 0 Å². The minimum absolute atomic E-state index is 0.207. The first-order valence-electron chi connectivity index (χ1n) is 5.75. The van der Waals surface area contributed by atoms with Gasteiger partial charge in [0, 0.05) is 17.7 Å². The average molecular weight is 251 g/mol. The number of hydrogen-bond donors (Lipinski definition) is 1. The van der Waals surface area contributed by atoms with Crippen LogP contribution in [0.25, 0.3) is 0 Å². The fourth-order valence-corrected chi connectivity index (χ4v) is 1.96. The van der Waals surface area contributed by atoms with Crippen molar-refractivity contribution in [3.8, 4) is 0 Å². The summed E-state index contributed by atoms with van der Waals surface area (Å²) in [4.78, 5) is 0. The van der Waals surface area contributed by atoms with Crippen molar-refractivity contribution in [3.63, 3.8) is 0 Å². The molecular formula is C14H15F2NO. The molecule has 1 aromatic carbocycles. The summed E-state index contributed by atoms with van der Waals surface area (Å²) in [5, 5.41) is 3.04. The molecule has 18 heavy (non-hydrogen) atoms. The van der Waals surface area contributed by atoms with Crippen LogP contribution in [-0.2, 0) is 6.42 Å². The molecule has 2 rings (SSSR count). The molecule has 0 amide bonds. The van der Waals surface area contributed by atoms with Crippen molar-refractivity contribution in [2.24, 2.45) is 0 Å². The standard InChI is InChI=1S/C14H15F2NO/c1-9-5-11(13(16)7-12(9)15)14(17-2)6-10-3-4-18-8-10/h3-5,7-8,14,17H,6H2,1-2H3. The monoisotopic (exact) mass is 251 g/mol. The Balaban J connectivity index is 2.30. The van der Waals surface area contributed by atoms with Crippen molar-refractivity contribution in [3.05, 3.63) is 59.1 Å². The zero-order valence-electron chi connectivity index (χ0n) is 10.3. The summed E-state index contributed by atoms with van der Waals surface area (Å²) in [6.45, 7) is 1.63. The van der Waals surface area contributed by atoms with E-state index in [1.807, 2.05) is 6.07 Å². The van der Waals surface area contributed by atoms with Gasteiger partial charge in [0.25, 0.3) is 0 Å². The summed E-state index contributed by atoms with van der Waals surface area (Å²) < 4.78 is 32.0. The van der Waals surface area contributed by atoms with Gasteiger partial charge >= 0.3 is 0 Å². The molecule has 2 aromatic rings. The molecule has 0 aliphatic rings. The van der Waals surface area contributed by atoms with Gasteiger partial charge in [0.15, 0.2) is 0 Å². The Morgan fingerprint density at radius 2 is 2.06 bits per heavy atom. The van der Waals surface area contributed by atoms with Gasteiger partial charge in [-0.1, -0.05) is 0 Å². The number of hydrogen-bond acceptors (Lipinski definition) is 2. The molecule has 1 unspecified atom stereocenters. The van der Waals surface area contributed by atoms with E-state index in [2.05, 4.69) is 5.32 Å². The van der Waals surface area contributed by atoms with E-state index in [1.54, 1.807) is 32.6 Å². The zero-order valence-corrected chi connectivity index (χ0v) is 10.3. The van der Waals surface area contributed by atoms with Crippen LogP contribution in [0, 0.1) is 18.6 Å². The maximum absolute atomic E-state index is 13.8. The Bertz CT molecular complexity index is 523. The van der Waals surface area contributed by atoms with Gasteiger partial charge < -0.3 is 9.73 Å². The minimum Gasteiger partial charge on any atom is -0.472 e.